The van der Waals surface area contributed by atoms with Crippen LogP contribution >= 0.6 is 0 Å². The smallest absolute Gasteiger partial charge is 0.481 e. The molecule has 260 valence electrons. The summed E-state index contributed by atoms with van der Waals surface area (Å²) in [7, 11) is 0. The van der Waals surface area contributed by atoms with Crippen LogP contribution in [-0.2, 0) is 35.2 Å². The van der Waals surface area contributed by atoms with E-state index >= 15 is 0 Å². The van der Waals surface area contributed by atoms with Crippen LogP contribution in [0.1, 0.15) is 36.8 Å². The van der Waals surface area contributed by atoms with Gasteiger partial charge in [-0.2, -0.15) is 13.2 Å². The number of benzene rings is 1. The highest BCUT2D eigenvalue weighted by Gasteiger charge is 2.38. The van der Waals surface area contributed by atoms with E-state index in [1.54, 1.807) is 24.3 Å². The molecule has 1 aromatic carbocycles. The minimum absolute atomic E-state index is 0.0744. The van der Waals surface area contributed by atoms with Gasteiger partial charge in [-0.25, -0.2) is 4.79 Å². The lowest BCUT2D eigenvalue weighted by atomic mass is 9.95. The molecule has 17 nitrogen and oxygen atoms in total. The SMILES string of the molecule is C=CCNC(=O)[C@H](Cc1ccc(C(=N)N)cc1)C(=O)NC(CCC(=O)O)C(=O)NC(CCCN=C(N)N)C(N)=O.O=C(O)C(F)(F)F. The molecule has 2 unspecified atom stereocenters. The molecule has 0 bridgehead atoms. The number of halogens is 3. The summed E-state index contributed by atoms with van der Waals surface area (Å²) in [6.45, 7) is 3.78. The number of nitrogen functional groups attached to an aromatic ring is 1. The first-order valence-corrected chi connectivity index (χ1v) is 13.6. The number of guanidine groups is 1. The summed E-state index contributed by atoms with van der Waals surface area (Å²) in [6, 6.07) is 3.80. The van der Waals surface area contributed by atoms with E-state index in [0.29, 0.717) is 17.5 Å². The van der Waals surface area contributed by atoms with E-state index in [2.05, 4.69) is 27.5 Å². The van der Waals surface area contributed by atoms with Gasteiger partial charge in [-0.15, -0.1) is 6.58 Å². The highest BCUT2D eigenvalue weighted by atomic mass is 19.4. The van der Waals surface area contributed by atoms with Crippen molar-refractivity contribution in [1.29, 1.82) is 5.41 Å². The van der Waals surface area contributed by atoms with Crippen LogP contribution in [0.5, 0.6) is 0 Å². The number of rotatable bonds is 18. The Balaban J connectivity index is 0.00000270. The van der Waals surface area contributed by atoms with Crippen LogP contribution in [0.25, 0.3) is 0 Å². The maximum atomic E-state index is 13.3. The van der Waals surface area contributed by atoms with Crippen molar-refractivity contribution in [3.8, 4) is 0 Å². The Morgan fingerprint density at radius 2 is 1.47 bits per heavy atom. The number of amidine groups is 1. The molecule has 1 aromatic rings. The van der Waals surface area contributed by atoms with Gasteiger partial charge >= 0.3 is 18.1 Å². The largest absolute Gasteiger partial charge is 0.490 e. The third kappa shape index (κ3) is 17.4. The minimum atomic E-state index is -5.08. The summed E-state index contributed by atoms with van der Waals surface area (Å²) in [6.07, 6.45) is -4.15. The second-order valence-electron chi connectivity index (χ2n) is 9.61. The van der Waals surface area contributed by atoms with Crippen molar-refractivity contribution >= 4 is 47.4 Å². The first kappa shape index (κ1) is 41.3. The summed E-state index contributed by atoms with van der Waals surface area (Å²) in [5.41, 5.74) is 22.4. The average molecular weight is 674 g/mol. The molecule has 3 atom stereocenters. The molecule has 0 saturated heterocycles. The molecular formula is C27H38F3N9O8. The van der Waals surface area contributed by atoms with Crippen LogP contribution in [0.2, 0.25) is 0 Å². The molecule has 20 heteroatoms. The quantitative estimate of drug-likeness (QED) is 0.0279. The number of carbonyl (C=O) groups excluding carboxylic acids is 4. The van der Waals surface area contributed by atoms with Crippen molar-refractivity contribution in [2.24, 2.45) is 33.8 Å². The van der Waals surface area contributed by atoms with Gasteiger partial charge in [0.15, 0.2) is 5.96 Å². The van der Waals surface area contributed by atoms with E-state index in [0.717, 1.165) is 0 Å². The number of carboxylic acids is 2. The molecule has 14 N–H and O–H groups in total. The molecule has 4 amide bonds. The van der Waals surface area contributed by atoms with Crippen LogP contribution < -0.4 is 38.9 Å². The lowest BCUT2D eigenvalue weighted by Gasteiger charge is -2.24. The Labute approximate surface area is 266 Å². The molecule has 47 heavy (non-hydrogen) atoms. The Kier molecular flexibility index (Phi) is 17.9. The summed E-state index contributed by atoms with van der Waals surface area (Å²) in [5, 5.41) is 31.2. The number of carboxylic acid groups (broad SMARTS) is 2. The maximum Gasteiger partial charge on any atom is 0.490 e. The van der Waals surface area contributed by atoms with Gasteiger partial charge < -0.3 is 49.1 Å². The van der Waals surface area contributed by atoms with Gasteiger partial charge in [0, 0.05) is 25.1 Å². The predicted molar refractivity (Wildman–Crippen MR) is 161 cm³/mol. The standard InChI is InChI=1S/C25H37N9O6.C2HF3O2/c1-2-11-31-22(38)16(13-14-5-7-15(8-6-14)20(26)27)23(39)34-18(9-10-19(35)36)24(40)33-17(21(28)37)4-3-12-32-25(29)30;3-2(4,5)1(6)7/h2,5-8,16-18H,1,3-4,9-13H2,(H3,26,27)(H2,28,37)(H,31,38)(H,33,40)(H,34,39)(H,35,36)(H4,29,30,32);(H,6,7)/t16-,17?,18?;/m0./s1. The molecule has 0 fully saturated rings. The lowest BCUT2D eigenvalue weighted by molar-refractivity contribution is -0.192. The normalized spacial score (nSPS) is 12.4. The van der Waals surface area contributed by atoms with Crippen LogP contribution in [0.4, 0.5) is 13.2 Å². The number of primary amides is 1. The van der Waals surface area contributed by atoms with Crippen molar-refractivity contribution in [1.82, 2.24) is 16.0 Å². The number of amides is 4. The van der Waals surface area contributed by atoms with E-state index in [9.17, 15) is 37.1 Å². The topological polar surface area (TPSA) is 319 Å². The van der Waals surface area contributed by atoms with Crippen molar-refractivity contribution in [2.75, 3.05) is 13.1 Å². The van der Waals surface area contributed by atoms with Gasteiger partial charge in [0.25, 0.3) is 0 Å². The van der Waals surface area contributed by atoms with E-state index in [1.807, 2.05) is 0 Å². The highest BCUT2D eigenvalue weighted by molar-refractivity contribution is 6.02. The number of hydrogen-bond acceptors (Lipinski definition) is 8. The average Bonchev–Trinajstić information content (AvgIpc) is 2.97. The maximum absolute atomic E-state index is 13.3. The van der Waals surface area contributed by atoms with Crippen LogP contribution in [0.15, 0.2) is 41.9 Å². The van der Waals surface area contributed by atoms with Gasteiger partial charge in [0.1, 0.15) is 23.8 Å². The Bertz CT molecular complexity index is 1320. The molecule has 0 spiro atoms. The van der Waals surface area contributed by atoms with E-state index in [-0.39, 0.29) is 44.1 Å². The highest BCUT2D eigenvalue weighted by Crippen LogP contribution is 2.14. The van der Waals surface area contributed by atoms with Gasteiger partial charge in [-0.3, -0.25) is 34.4 Å². The molecule has 0 saturated carbocycles. The van der Waals surface area contributed by atoms with Crippen molar-refractivity contribution in [3.63, 3.8) is 0 Å². The molecule has 0 aliphatic heterocycles. The molecule has 0 aliphatic rings. The van der Waals surface area contributed by atoms with Crippen LogP contribution in [0, 0.1) is 11.3 Å². The van der Waals surface area contributed by atoms with E-state index in [1.165, 1.54) is 6.08 Å². The van der Waals surface area contributed by atoms with E-state index in [4.69, 9.17) is 43.4 Å². The second-order valence-corrected chi connectivity index (χ2v) is 9.61. The number of nitrogens with one attached hydrogen (secondary N) is 4. The zero-order valence-corrected chi connectivity index (χ0v) is 25.0. The van der Waals surface area contributed by atoms with Crippen molar-refractivity contribution in [2.45, 2.75) is 50.4 Å². The van der Waals surface area contributed by atoms with Crippen LogP contribution in [-0.4, -0.2) is 88.9 Å². The Morgan fingerprint density at radius 3 is 1.91 bits per heavy atom. The molecule has 0 aliphatic carbocycles. The number of alkyl halides is 3. The molecule has 0 radical (unpaired) electrons. The van der Waals surface area contributed by atoms with Gasteiger partial charge in [0.2, 0.25) is 23.6 Å². The molecule has 0 heterocycles. The number of carbonyl (C=O) groups is 6. The van der Waals surface area contributed by atoms with Gasteiger partial charge in [-0.1, -0.05) is 30.3 Å². The zero-order valence-electron chi connectivity index (χ0n) is 25.0. The van der Waals surface area contributed by atoms with Gasteiger partial charge in [-0.05, 0) is 31.2 Å². The minimum Gasteiger partial charge on any atom is -0.481 e. The summed E-state index contributed by atoms with van der Waals surface area (Å²) >= 11 is 0. The number of hydrogen-bond donors (Lipinski definition) is 10. The molecule has 0 aromatic heterocycles. The Hall–Kier alpha value is -5.69. The first-order chi connectivity index (χ1) is 21.8. The van der Waals surface area contributed by atoms with E-state index < -0.39 is 66.2 Å². The fourth-order valence-electron chi connectivity index (χ4n) is 3.53. The fraction of sp³-hybridized carbons (Fsp3) is 0.407. The molecular weight excluding hydrogens is 635 g/mol. The third-order valence-electron chi connectivity index (χ3n) is 5.89. The van der Waals surface area contributed by atoms with Gasteiger partial charge in [0.05, 0.1) is 0 Å². The monoisotopic (exact) mass is 673 g/mol. The van der Waals surface area contributed by atoms with Crippen molar-refractivity contribution in [3.05, 3.63) is 48.0 Å². The predicted octanol–water partition coefficient (Wildman–Crippen LogP) is -1.56. The van der Waals surface area contributed by atoms with Crippen molar-refractivity contribution < 1.29 is 52.2 Å². The summed E-state index contributed by atoms with van der Waals surface area (Å²) in [4.78, 5) is 74.9. The second kappa shape index (κ2) is 20.4. The first-order valence-electron chi connectivity index (χ1n) is 13.6. The number of nitrogens with two attached hydrogens (primary N) is 4. The summed E-state index contributed by atoms with van der Waals surface area (Å²) < 4.78 is 31.7. The number of aliphatic carboxylic acids is 2. The third-order valence-corrected chi connectivity index (χ3v) is 5.89. The number of aliphatic imine (C=N–C) groups is 1. The molecule has 1 rings (SSSR count). The van der Waals surface area contributed by atoms with Crippen LogP contribution in [0.3, 0.4) is 0 Å². The zero-order chi connectivity index (χ0) is 36.3. The lowest BCUT2D eigenvalue weighted by Crippen LogP contribution is -2.55. The summed E-state index contributed by atoms with van der Waals surface area (Å²) in [5.74, 6) is -8.77. The Morgan fingerprint density at radius 1 is 0.915 bits per heavy atom. The number of nitrogens with zero attached hydrogens (tertiary/aromatic N) is 1. The fourth-order valence-corrected chi connectivity index (χ4v) is 3.53.